The van der Waals surface area contributed by atoms with E-state index in [1.807, 2.05) is 6.08 Å². The lowest BCUT2D eigenvalue weighted by Gasteiger charge is -2.18. The van der Waals surface area contributed by atoms with E-state index in [4.69, 9.17) is 14.2 Å². The Morgan fingerprint density at radius 1 is 0.282 bits per heavy atom. The minimum Gasteiger partial charge on any atom is -0.462 e. The number of rotatable bonds is 58. The molecule has 0 aliphatic carbocycles. The van der Waals surface area contributed by atoms with Gasteiger partial charge in [0.15, 0.2) is 6.10 Å². The first-order valence-electron chi connectivity index (χ1n) is 32.5. The first-order chi connectivity index (χ1) is 38.5. The van der Waals surface area contributed by atoms with E-state index in [1.54, 1.807) is 6.08 Å². The lowest BCUT2D eigenvalue weighted by atomic mass is 10.0. The van der Waals surface area contributed by atoms with Crippen LogP contribution in [0.25, 0.3) is 0 Å². The first kappa shape index (κ1) is 73.8. The molecule has 0 fully saturated rings. The molecule has 78 heavy (non-hydrogen) atoms. The zero-order valence-corrected chi connectivity index (χ0v) is 50.9. The summed E-state index contributed by atoms with van der Waals surface area (Å²) >= 11 is 0. The molecule has 444 valence electrons. The van der Waals surface area contributed by atoms with Crippen molar-refractivity contribution in [2.24, 2.45) is 0 Å². The fourth-order valence-corrected chi connectivity index (χ4v) is 8.96. The van der Waals surface area contributed by atoms with E-state index in [0.29, 0.717) is 12.8 Å². The standard InChI is InChI=1S/C72H120O6/c1-4-7-10-13-16-19-22-25-28-30-32-33-34-35-36-37-38-39-40-42-44-47-50-53-56-59-62-65-71(74)77-68-69(67-76-70(73)64-61-58-55-52-49-46-43-27-24-21-18-15-12-9-6-3)78-72(75)66-63-60-57-54-51-48-45-41-31-29-26-23-20-17-14-11-8-5-2/h7,9-10,12,16,18-19,21,25,27-28,32-33,35-36,43,49,52,58,61,69H,4-6,8,11,13-15,17,20,22-24,26,29-31,34,37-42,44-48,50-51,53-57,59-60,62-68H2,1-3H3/b10-7-,12-9-,19-16-,21-18-,28-25-,33-32-,36-35-,43-27-,52-49-,61-58-. The van der Waals surface area contributed by atoms with Crippen LogP contribution in [0, 0.1) is 0 Å². The van der Waals surface area contributed by atoms with Crippen molar-refractivity contribution in [2.45, 2.75) is 303 Å². The molecular formula is C72H120O6. The number of carbonyl (C=O) groups excluding carboxylic acids is 3. The number of esters is 3. The second-order valence-corrected chi connectivity index (χ2v) is 21.3. The van der Waals surface area contributed by atoms with Crippen LogP contribution in [0.15, 0.2) is 122 Å². The van der Waals surface area contributed by atoms with Gasteiger partial charge in [0.1, 0.15) is 13.2 Å². The first-order valence-corrected chi connectivity index (χ1v) is 32.5. The van der Waals surface area contributed by atoms with Crippen molar-refractivity contribution in [2.75, 3.05) is 13.2 Å². The SMILES string of the molecule is CC/C=C\C/C=C\C/C=C\C/C=C\C/C=C\CCCCCCCCCCCCCC(=O)OCC(COC(=O)C/C=C\C/C=C\C/C=C\C/C=C\C/C=C\CC)OC(=O)CCCCCCCCCCCCCCCCCCCC. The highest BCUT2D eigenvalue weighted by Gasteiger charge is 2.19. The zero-order valence-electron chi connectivity index (χ0n) is 50.9. The number of ether oxygens (including phenoxy) is 3. The van der Waals surface area contributed by atoms with E-state index in [-0.39, 0.29) is 31.6 Å². The predicted molar refractivity (Wildman–Crippen MR) is 339 cm³/mol. The summed E-state index contributed by atoms with van der Waals surface area (Å²) in [5.74, 6) is -1.04. The van der Waals surface area contributed by atoms with Crippen LogP contribution in [0.1, 0.15) is 297 Å². The molecule has 0 rings (SSSR count). The van der Waals surface area contributed by atoms with E-state index < -0.39 is 12.1 Å². The highest BCUT2D eigenvalue weighted by molar-refractivity contribution is 5.72. The topological polar surface area (TPSA) is 78.9 Å². The molecule has 0 aromatic rings. The van der Waals surface area contributed by atoms with Crippen LogP contribution >= 0.6 is 0 Å². The summed E-state index contributed by atoms with van der Waals surface area (Å²) in [5, 5.41) is 0. The molecule has 0 amide bonds. The van der Waals surface area contributed by atoms with E-state index >= 15 is 0 Å². The number of carbonyl (C=O) groups is 3. The molecule has 1 atom stereocenters. The van der Waals surface area contributed by atoms with Gasteiger partial charge in [0.05, 0.1) is 6.42 Å². The van der Waals surface area contributed by atoms with E-state index in [2.05, 4.69) is 130 Å². The summed E-state index contributed by atoms with van der Waals surface area (Å²) in [6, 6.07) is 0. The average molecular weight is 1080 g/mol. The molecular weight excluding hydrogens is 961 g/mol. The number of hydrogen-bond donors (Lipinski definition) is 0. The third-order valence-electron chi connectivity index (χ3n) is 13.7. The smallest absolute Gasteiger partial charge is 0.309 e. The highest BCUT2D eigenvalue weighted by atomic mass is 16.6. The maximum atomic E-state index is 12.9. The van der Waals surface area contributed by atoms with Crippen molar-refractivity contribution in [1.29, 1.82) is 0 Å². The normalized spacial score (nSPS) is 12.9. The summed E-state index contributed by atoms with van der Waals surface area (Å²) in [6.07, 6.45) is 90.9. The van der Waals surface area contributed by atoms with Gasteiger partial charge in [0.25, 0.3) is 0 Å². The average Bonchev–Trinajstić information content (AvgIpc) is 3.44. The molecule has 0 bridgehead atoms. The molecule has 6 heteroatoms. The van der Waals surface area contributed by atoms with Gasteiger partial charge in [0.2, 0.25) is 0 Å². The lowest BCUT2D eigenvalue weighted by molar-refractivity contribution is -0.166. The lowest BCUT2D eigenvalue weighted by Crippen LogP contribution is -2.30. The Hall–Kier alpha value is -4.19. The number of hydrogen-bond acceptors (Lipinski definition) is 6. The molecule has 0 saturated heterocycles. The third kappa shape index (κ3) is 62.7. The monoisotopic (exact) mass is 1080 g/mol. The summed E-state index contributed by atoms with van der Waals surface area (Å²) in [6.45, 7) is 6.35. The van der Waals surface area contributed by atoms with Gasteiger partial charge in [-0.05, 0) is 89.9 Å². The molecule has 0 N–H and O–H groups in total. The second-order valence-electron chi connectivity index (χ2n) is 21.3. The van der Waals surface area contributed by atoms with Crippen molar-refractivity contribution in [1.82, 2.24) is 0 Å². The van der Waals surface area contributed by atoms with Gasteiger partial charge < -0.3 is 14.2 Å². The van der Waals surface area contributed by atoms with Crippen molar-refractivity contribution in [3.05, 3.63) is 122 Å². The van der Waals surface area contributed by atoms with Crippen molar-refractivity contribution >= 4 is 17.9 Å². The molecule has 0 heterocycles. The molecule has 0 aliphatic heterocycles. The second kappa shape index (κ2) is 65.3. The fourth-order valence-electron chi connectivity index (χ4n) is 8.96. The van der Waals surface area contributed by atoms with Gasteiger partial charge in [-0.25, -0.2) is 0 Å². The molecule has 6 nitrogen and oxygen atoms in total. The Balaban J connectivity index is 4.38. The van der Waals surface area contributed by atoms with Gasteiger partial charge >= 0.3 is 17.9 Å². The Bertz CT molecular complexity index is 1620. The minimum atomic E-state index is -0.821. The zero-order chi connectivity index (χ0) is 56.4. The van der Waals surface area contributed by atoms with Gasteiger partial charge in [-0.15, -0.1) is 0 Å². The predicted octanol–water partition coefficient (Wildman–Crippen LogP) is 22.4. The van der Waals surface area contributed by atoms with Crippen LogP contribution in [0.5, 0.6) is 0 Å². The fraction of sp³-hybridized carbons (Fsp3) is 0.681. The van der Waals surface area contributed by atoms with Crippen LogP contribution in [-0.4, -0.2) is 37.2 Å². The molecule has 0 aliphatic rings. The van der Waals surface area contributed by atoms with Crippen LogP contribution in [0.3, 0.4) is 0 Å². The third-order valence-corrected chi connectivity index (χ3v) is 13.7. The molecule has 1 unspecified atom stereocenters. The van der Waals surface area contributed by atoms with Crippen LogP contribution in [0.4, 0.5) is 0 Å². The quantitative estimate of drug-likeness (QED) is 0.0261. The van der Waals surface area contributed by atoms with E-state index in [1.165, 1.54) is 154 Å². The Kier molecular flexibility index (Phi) is 61.8. The van der Waals surface area contributed by atoms with E-state index in [9.17, 15) is 14.4 Å². The molecule has 0 aromatic carbocycles. The van der Waals surface area contributed by atoms with Crippen molar-refractivity contribution in [3.63, 3.8) is 0 Å². The highest BCUT2D eigenvalue weighted by Crippen LogP contribution is 2.17. The van der Waals surface area contributed by atoms with Gasteiger partial charge in [-0.1, -0.05) is 309 Å². The summed E-state index contributed by atoms with van der Waals surface area (Å²) in [7, 11) is 0. The molecule has 0 spiro atoms. The molecule has 0 aromatic heterocycles. The maximum absolute atomic E-state index is 12.9. The maximum Gasteiger partial charge on any atom is 0.309 e. The summed E-state index contributed by atoms with van der Waals surface area (Å²) in [5.41, 5.74) is 0. The Morgan fingerprint density at radius 3 is 0.897 bits per heavy atom. The summed E-state index contributed by atoms with van der Waals surface area (Å²) in [4.78, 5) is 38.3. The minimum absolute atomic E-state index is 0.109. The van der Waals surface area contributed by atoms with Crippen LogP contribution < -0.4 is 0 Å². The van der Waals surface area contributed by atoms with E-state index in [0.717, 1.165) is 103 Å². The number of unbranched alkanes of at least 4 members (excludes halogenated alkanes) is 28. The van der Waals surface area contributed by atoms with Gasteiger partial charge in [-0.3, -0.25) is 14.4 Å². The van der Waals surface area contributed by atoms with Gasteiger partial charge in [-0.2, -0.15) is 0 Å². The van der Waals surface area contributed by atoms with Crippen molar-refractivity contribution in [3.8, 4) is 0 Å². The molecule has 0 saturated carbocycles. The number of allylic oxidation sites excluding steroid dienone is 19. The summed E-state index contributed by atoms with van der Waals surface area (Å²) < 4.78 is 16.8. The van der Waals surface area contributed by atoms with Crippen LogP contribution in [0.2, 0.25) is 0 Å². The van der Waals surface area contributed by atoms with Crippen LogP contribution in [-0.2, 0) is 28.6 Å². The molecule has 0 radical (unpaired) electrons. The Labute approximate surface area is 482 Å². The van der Waals surface area contributed by atoms with Crippen molar-refractivity contribution < 1.29 is 28.6 Å². The largest absolute Gasteiger partial charge is 0.462 e. The van der Waals surface area contributed by atoms with Gasteiger partial charge in [0, 0.05) is 12.8 Å². The Morgan fingerprint density at radius 2 is 0.551 bits per heavy atom.